The molecule has 0 bridgehead atoms. The van der Waals surface area contributed by atoms with E-state index >= 15 is 0 Å². The first-order chi connectivity index (χ1) is 11.4. The maximum atomic E-state index is 5.90. The average Bonchev–Trinajstić information content (AvgIpc) is 2.64. The van der Waals surface area contributed by atoms with E-state index in [1.54, 1.807) is 0 Å². The van der Waals surface area contributed by atoms with Gasteiger partial charge in [0.15, 0.2) is 6.29 Å². The van der Waals surface area contributed by atoms with Gasteiger partial charge in [0.1, 0.15) is 0 Å². The van der Waals surface area contributed by atoms with Crippen molar-refractivity contribution in [3.8, 4) is 0 Å². The van der Waals surface area contributed by atoms with Crippen molar-refractivity contribution in [1.29, 1.82) is 0 Å². The lowest BCUT2D eigenvalue weighted by Gasteiger charge is -2.33. The van der Waals surface area contributed by atoms with Crippen LogP contribution in [0.5, 0.6) is 0 Å². The summed E-state index contributed by atoms with van der Waals surface area (Å²) in [6.45, 7) is 1.66. The van der Waals surface area contributed by atoms with Crippen LogP contribution >= 0.6 is 0 Å². The monoisotopic (exact) mass is 325 g/mol. The molecule has 1 aliphatic heterocycles. The lowest BCUT2D eigenvalue weighted by molar-refractivity contribution is -0.162. The summed E-state index contributed by atoms with van der Waals surface area (Å²) in [5.41, 5.74) is 0. The topological polar surface area (TPSA) is 18.5 Å². The predicted octanol–water partition coefficient (Wildman–Crippen LogP) is 3.23. The third kappa shape index (κ3) is 5.03. The van der Waals surface area contributed by atoms with Crippen LogP contribution in [-0.4, -0.2) is 28.3 Å². The van der Waals surface area contributed by atoms with Crippen molar-refractivity contribution in [3.05, 3.63) is 60.7 Å². The molecule has 0 aliphatic carbocycles. The normalized spacial score (nSPS) is 17.8. The lowest BCUT2D eigenvalue weighted by Crippen LogP contribution is -2.42. The minimum absolute atomic E-state index is 0.0351. The van der Waals surface area contributed by atoms with Crippen LogP contribution in [0.25, 0.3) is 0 Å². The van der Waals surface area contributed by atoms with Crippen LogP contribution in [0, 0.1) is 0 Å². The molecule has 2 nitrogen and oxygen atoms in total. The zero-order valence-electron chi connectivity index (χ0n) is 13.6. The quantitative estimate of drug-likeness (QED) is 0.575. The van der Waals surface area contributed by atoms with E-state index in [4.69, 9.17) is 9.47 Å². The first-order valence-electron chi connectivity index (χ1n) is 8.63. The van der Waals surface area contributed by atoms with Crippen LogP contribution in [0.15, 0.2) is 60.7 Å². The standard InChI is InChI=1S/C20H25O2Si/c1-3-10-18(11-4-1)23(19-12-5-2-6-13-19)17-9-16-22-20-14-7-8-15-21-20/h1-6,10-13,20H,7-9,14-17H2/q-1. The van der Waals surface area contributed by atoms with Crippen molar-refractivity contribution < 1.29 is 9.47 Å². The lowest BCUT2D eigenvalue weighted by atomic mass is 10.2. The Morgan fingerprint density at radius 2 is 1.57 bits per heavy atom. The Kier molecular flexibility index (Phi) is 6.44. The Balaban J connectivity index is 1.56. The minimum atomic E-state index is -0.723. The highest BCUT2D eigenvalue weighted by molar-refractivity contribution is 6.85. The Morgan fingerprint density at radius 3 is 2.13 bits per heavy atom. The Morgan fingerprint density at radius 1 is 0.913 bits per heavy atom. The van der Waals surface area contributed by atoms with Gasteiger partial charge in [0.25, 0.3) is 0 Å². The fourth-order valence-electron chi connectivity index (χ4n) is 3.04. The maximum Gasteiger partial charge on any atom is 0.157 e. The number of rotatable bonds is 7. The summed E-state index contributed by atoms with van der Waals surface area (Å²) < 4.78 is 11.5. The summed E-state index contributed by atoms with van der Waals surface area (Å²) in [5.74, 6) is 0. The highest BCUT2D eigenvalue weighted by Crippen LogP contribution is 2.14. The van der Waals surface area contributed by atoms with Crippen molar-refractivity contribution in [2.24, 2.45) is 0 Å². The molecule has 0 aromatic heterocycles. The highest BCUT2D eigenvalue weighted by atomic mass is 28.3. The van der Waals surface area contributed by atoms with Gasteiger partial charge in [-0.1, -0.05) is 67.1 Å². The Hall–Kier alpha value is -1.42. The molecule has 0 amide bonds. The van der Waals surface area contributed by atoms with Gasteiger partial charge in [0.2, 0.25) is 0 Å². The molecule has 0 saturated carbocycles. The number of hydrogen-bond donors (Lipinski definition) is 0. The Labute approximate surface area is 141 Å². The second-order valence-corrected chi connectivity index (χ2v) is 8.59. The van der Waals surface area contributed by atoms with E-state index in [2.05, 4.69) is 60.7 Å². The van der Waals surface area contributed by atoms with Gasteiger partial charge in [-0.25, -0.2) is 0 Å². The number of hydrogen-bond acceptors (Lipinski definition) is 2. The third-order valence-corrected chi connectivity index (χ3v) is 7.17. The SMILES string of the molecule is c1ccc([Si-](CCCOC2CCCCO2)c2ccccc2)cc1. The van der Waals surface area contributed by atoms with Gasteiger partial charge in [-0.05, 0) is 19.3 Å². The summed E-state index contributed by atoms with van der Waals surface area (Å²) in [5, 5.41) is 2.97. The summed E-state index contributed by atoms with van der Waals surface area (Å²) in [6.07, 6.45) is 4.59. The third-order valence-electron chi connectivity index (χ3n) is 4.26. The summed E-state index contributed by atoms with van der Waals surface area (Å²) in [4.78, 5) is 0. The van der Waals surface area contributed by atoms with Crippen LogP contribution in [0.2, 0.25) is 6.04 Å². The molecule has 1 atom stereocenters. The van der Waals surface area contributed by atoms with Crippen molar-refractivity contribution >= 4 is 19.2 Å². The summed E-state index contributed by atoms with van der Waals surface area (Å²) in [7, 11) is -0.723. The molecule has 0 radical (unpaired) electrons. The van der Waals surface area contributed by atoms with E-state index in [0.29, 0.717) is 0 Å². The van der Waals surface area contributed by atoms with E-state index < -0.39 is 8.80 Å². The number of benzene rings is 2. The highest BCUT2D eigenvalue weighted by Gasteiger charge is 2.13. The molecule has 1 aliphatic rings. The van der Waals surface area contributed by atoms with Gasteiger partial charge in [-0.15, -0.1) is 0 Å². The second kappa shape index (κ2) is 9.01. The van der Waals surface area contributed by atoms with Crippen molar-refractivity contribution in [2.75, 3.05) is 13.2 Å². The smallest absolute Gasteiger partial charge is 0.157 e. The second-order valence-electron chi connectivity index (χ2n) is 5.98. The van der Waals surface area contributed by atoms with Crippen LogP contribution in [0.4, 0.5) is 0 Å². The van der Waals surface area contributed by atoms with Crippen molar-refractivity contribution in [3.63, 3.8) is 0 Å². The molecule has 0 N–H and O–H groups in total. The molecule has 1 fully saturated rings. The summed E-state index contributed by atoms with van der Waals surface area (Å²) in [6, 6.07) is 23.1. The zero-order chi connectivity index (χ0) is 15.7. The first-order valence-corrected chi connectivity index (χ1v) is 10.3. The number of ether oxygens (including phenoxy) is 2. The fourth-order valence-corrected chi connectivity index (χ4v) is 5.64. The predicted molar refractivity (Wildman–Crippen MR) is 96.9 cm³/mol. The largest absolute Gasteiger partial charge is 0.353 e. The van der Waals surface area contributed by atoms with Gasteiger partial charge in [-0.2, -0.15) is 16.4 Å². The van der Waals surface area contributed by atoms with Gasteiger partial charge in [0.05, 0.1) is 0 Å². The van der Waals surface area contributed by atoms with Crippen LogP contribution in [0.1, 0.15) is 25.7 Å². The van der Waals surface area contributed by atoms with Crippen LogP contribution in [0.3, 0.4) is 0 Å². The van der Waals surface area contributed by atoms with E-state index in [-0.39, 0.29) is 6.29 Å². The minimum Gasteiger partial charge on any atom is -0.353 e. The molecule has 1 heterocycles. The maximum absolute atomic E-state index is 5.90. The van der Waals surface area contributed by atoms with E-state index in [1.807, 2.05) is 0 Å². The van der Waals surface area contributed by atoms with Crippen LogP contribution < -0.4 is 10.4 Å². The van der Waals surface area contributed by atoms with Gasteiger partial charge in [-0.3, -0.25) is 8.80 Å². The van der Waals surface area contributed by atoms with E-state index in [1.165, 1.54) is 29.3 Å². The molecule has 1 saturated heterocycles. The molecule has 2 aromatic rings. The molecule has 122 valence electrons. The van der Waals surface area contributed by atoms with E-state index in [9.17, 15) is 0 Å². The van der Waals surface area contributed by atoms with Crippen LogP contribution in [-0.2, 0) is 9.47 Å². The molecule has 2 aromatic carbocycles. The van der Waals surface area contributed by atoms with Crippen molar-refractivity contribution in [2.45, 2.75) is 38.0 Å². The molecule has 3 heteroatoms. The Bertz CT molecular complexity index is 513. The molecular weight excluding hydrogens is 300 g/mol. The average molecular weight is 326 g/mol. The van der Waals surface area contributed by atoms with E-state index in [0.717, 1.165) is 26.1 Å². The fraction of sp³-hybridized carbons (Fsp3) is 0.400. The van der Waals surface area contributed by atoms with Crippen molar-refractivity contribution in [1.82, 2.24) is 0 Å². The van der Waals surface area contributed by atoms with Gasteiger partial charge in [0, 0.05) is 13.2 Å². The molecular formula is C20H25O2Si-. The first kappa shape index (κ1) is 16.4. The molecule has 3 rings (SSSR count). The molecule has 0 spiro atoms. The summed E-state index contributed by atoms with van der Waals surface area (Å²) >= 11 is 0. The zero-order valence-corrected chi connectivity index (χ0v) is 14.6. The van der Waals surface area contributed by atoms with Gasteiger partial charge >= 0.3 is 0 Å². The molecule has 1 unspecified atom stereocenters. The molecule has 23 heavy (non-hydrogen) atoms. The van der Waals surface area contributed by atoms with Gasteiger partial charge < -0.3 is 9.47 Å².